The van der Waals surface area contributed by atoms with Crippen LogP contribution in [0.1, 0.15) is 31.4 Å². The van der Waals surface area contributed by atoms with Crippen LogP contribution in [-0.4, -0.2) is 68.9 Å². The molecule has 3 amide bonds. The first-order chi connectivity index (χ1) is 17.1. The Bertz CT molecular complexity index is 1340. The number of hydrogen-bond acceptors (Lipinski definition) is 6. The van der Waals surface area contributed by atoms with E-state index in [-0.39, 0.29) is 17.6 Å². The van der Waals surface area contributed by atoms with Crippen LogP contribution >= 0.6 is 0 Å². The summed E-state index contributed by atoms with van der Waals surface area (Å²) in [6.45, 7) is 1.62. The Kier molecular flexibility index (Phi) is 6.08. The first kappa shape index (κ1) is 22.1. The molecule has 4 heterocycles. The number of furan rings is 1. The van der Waals surface area contributed by atoms with Gasteiger partial charge in [0, 0.05) is 55.4 Å². The van der Waals surface area contributed by atoms with Crippen LogP contribution < -0.4 is 5.32 Å². The molecule has 0 atom stereocenters. The van der Waals surface area contributed by atoms with Crippen molar-refractivity contribution in [3.63, 3.8) is 0 Å². The molecule has 5 rings (SSSR count). The summed E-state index contributed by atoms with van der Waals surface area (Å²) in [7, 11) is 0. The Balaban J connectivity index is 1.19. The molecule has 2 N–H and O–H groups in total. The molecule has 0 aliphatic carbocycles. The zero-order valence-electron chi connectivity index (χ0n) is 18.7. The molecule has 3 aromatic heterocycles. The number of amides is 3. The number of rotatable bonds is 5. The van der Waals surface area contributed by atoms with Crippen LogP contribution in [-0.2, 0) is 0 Å². The highest BCUT2D eigenvalue weighted by Crippen LogP contribution is 2.19. The molecule has 4 aromatic rings. The normalized spacial score (nSPS) is 13.5. The van der Waals surface area contributed by atoms with Gasteiger partial charge in [-0.15, -0.1) is 0 Å². The number of anilines is 1. The molecule has 1 aliphatic rings. The van der Waals surface area contributed by atoms with E-state index in [0.717, 1.165) is 5.56 Å². The SMILES string of the molecule is O=C(Nc1cccc(C(=O)N2CCN(C(=O)c3cc(-c4ccncc4)n[nH]3)CC2)c1)c1ccco1. The zero-order valence-corrected chi connectivity index (χ0v) is 18.7. The molecule has 0 bridgehead atoms. The van der Waals surface area contributed by atoms with E-state index in [2.05, 4.69) is 20.5 Å². The molecule has 176 valence electrons. The molecular formula is C25H22N6O4. The minimum atomic E-state index is -0.391. The van der Waals surface area contributed by atoms with Crippen LogP contribution in [0.2, 0.25) is 0 Å². The van der Waals surface area contributed by atoms with Crippen molar-refractivity contribution < 1.29 is 18.8 Å². The number of nitrogens with one attached hydrogen (secondary N) is 2. The standard InChI is InChI=1S/C25H22N6O4/c32-23(22-5-2-14-35-22)27-19-4-1-3-18(15-19)24(33)30-10-12-31(13-11-30)25(34)21-16-20(28-29-21)17-6-8-26-9-7-17/h1-9,14-16H,10-13H2,(H,27,32)(H,28,29). The van der Waals surface area contributed by atoms with E-state index in [9.17, 15) is 14.4 Å². The highest BCUT2D eigenvalue weighted by Gasteiger charge is 2.27. The van der Waals surface area contributed by atoms with Crippen LogP contribution in [0.25, 0.3) is 11.3 Å². The summed E-state index contributed by atoms with van der Waals surface area (Å²) in [6.07, 6.45) is 4.76. The largest absolute Gasteiger partial charge is 0.459 e. The summed E-state index contributed by atoms with van der Waals surface area (Å²) in [5.74, 6) is -0.523. The second kappa shape index (κ2) is 9.64. The summed E-state index contributed by atoms with van der Waals surface area (Å²) >= 11 is 0. The maximum atomic E-state index is 13.0. The number of benzene rings is 1. The van der Waals surface area contributed by atoms with Crippen LogP contribution in [0.4, 0.5) is 5.69 Å². The van der Waals surface area contributed by atoms with Gasteiger partial charge in [-0.05, 0) is 48.5 Å². The molecule has 0 radical (unpaired) electrons. The van der Waals surface area contributed by atoms with E-state index in [0.29, 0.717) is 48.8 Å². The van der Waals surface area contributed by atoms with Gasteiger partial charge in [-0.25, -0.2) is 0 Å². The second-order valence-electron chi connectivity index (χ2n) is 8.00. The third-order valence-electron chi connectivity index (χ3n) is 5.75. The van der Waals surface area contributed by atoms with Gasteiger partial charge in [-0.1, -0.05) is 6.07 Å². The Morgan fingerprint density at radius 3 is 2.34 bits per heavy atom. The first-order valence-corrected chi connectivity index (χ1v) is 11.1. The van der Waals surface area contributed by atoms with E-state index < -0.39 is 5.91 Å². The Labute approximate surface area is 200 Å². The number of carbonyl (C=O) groups is 3. The Morgan fingerprint density at radius 1 is 0.886 bits per heavy atom. The lowest BCUT2D eigenvalue weighted by molar-refractivity contribution is 0.0532. The van der Waals surface area contributed by atoms with Crippen molar-refractivity contribution in [3.05, 3.63) is 90.3 Å². The van der Waals surface area contributed by atoms with Gasteiger partial charge in [0.15, 0.2) is 5.76 Å². The molecular weight excluding hydrogens is 448 g/mol. The van der Waals surface area contributed by atoms with Crippen LogP contribution in [0.3, 0.4) is 0 Å². The predicted molar refractivity (Wildman–Crippen MR) is 127 cm³/mol. The lowest BCUT2D eigenvalue weighted by Crippen LogP contribution is -2.50. The van der Waals surface area contributed by atoms with Crippen molar-refractivity contribution >= 4 is 23.4 Å². The van der Waals surface area contributed by atoms with Gasteiger partial charge in [0.25, 0.3) is 17.7 Å². The Hall–Kier alpha value is -4.73. The summed E-state index contributed by atoms with van der Waals surface area (Å²) in [5, 5.41) is 9.77. The summed E-state index contributed by atoms with van der Waals surface area (Å²) < 4.78 is 5.10. The first-order valence-electron chi connectivity index (χ1n) is 11.1. The maximum absolute atomic E-state index is 13.0. The predicted octanol–water partition coefficient (Wildman–Crippen LogP) is 2.92. The number of piperazine rings is 1. The summed E-state index contributed by atoms with van der Waals surface area (Å²) in [4.78, 5) is 45.6. The highest BCUT2D eigenvalue weighted by molar-refractivity contribution is 6.03. The smallest absolute Gasteiger partial charge is 0.291 e. The average molecular weight is 470 g/mol. The third kappa shape index (κ3) is 4.81. The van der Waals surface area contributed by atoms with Gasteiger partial charge in [0.05, 0.1) is 12.0 Å². The number of pyridine rings is 1. The minimum Gasteiger partial charge on any atom is -0.459 e. The Morgan fingerprint density at radius 2 is 1.63 bits per heavy atom. The number of H-pyrrole nitrogens is 1. The molecule has 1 aromatic carbocycles. The molecule has 1 saturated heterocycles. The van der Waals surface area contributed by atoms with E-state index >= 15 is 0 Å². The number of carbonyl (C=O) groups excluding carboxylic acids is 3. The van der Waals surface area contributed by atoms with Crippen molar-refractivity contribution in [2.24, 2.45) is 0 Å². The second-order valence-corrected chi connectivity index (χ2v) is 8.00. The lowest BCUT2D eigenvalue weighted by atomic mass is 10.1. The molecule has 1 aliphatic heterocycles. The van der Waals surface area contributed by atoms with Gasteiger partial charge in [0.1, 0.15) is 5.69 Å². The van der Waals surface area contributed by atoms with Crippen LogP contribution in [0, 0.1) is 0 Å². The molecule has 0 spiro atoms. The van der Waals surface area contributed by atoms with Crippen molar-refractivity contribution in [2.75, 3.05) is 31.5 Å². The number of hydrogen-bond donors (Lipinski definition) is 2. The lowest BCUT2D eigenvalue weighted by Gasteiger charge is -2.34. The number of aromatic nitrogens is 3. The molecule has 1 fully saturated rings. The van der Waals surface area contributed by atoms with Gasteiger partial charge in [0.2, 0.25) is 0 Å². The monoisotopic (exact) mass is 470 g/mol. The fourth-order valence-corrected chi connectivity index (χ4v) is 3.90. The minimum absolute atomic E-state index is 0.160. The summed E-state index contributed by atoms with van der Waals surface area (Å²) in [6, 6.07) is 15.3. The molecule has 10 nitrogen and oxygen atoms in total. The zero-order chi connectivity index (χ0) is 24.2. The molecule has 35 heavy (non-hydrogen) atoms. The van der Waals surface area contributed by atoms with E-state index in [1.165, 1.54) is 6.26 Å². The fourth-order valence-electron chi connectivity index (χ4n) is 3.90. The van der Waals surface area contributed by atoms with Gasteiger partial charge < -0.3 is 19.5 Å². The fraction of sp³-hybridized carbons (Fsp3) is 0.160. The van der Waals surface area contributed by atoms with Crippen LogP contribution in [0.5, 0.6) is 0 Å². The third-order valence-corrected chi connectivity index (χ3v) is 5.75. The highest BCUT2D eigenvalue weighted by atomic mass is 16.3. The molecule has 10 heteroatoms. The average Bonchev–Trinajstić information content (AvgIpc) is 3.62. The van der Waals surface area contributed by atoms with Crippen molar-refractivity contribution in [1.82, 2.24) is 25.0 Å². The van der Waals surface area contributed by atoms with E-state index in [1.54, 1.807) is 64.7 Å². The van der Waals surface area contributed by atoms with Crippen molar-refractivity contribution in [1.29, 1.82) is 0 Å². The van der Waals surface area contributed by atoms with E-state index in [1.807, 2.05) is 12.1 Å². The van der Waals surface area contributed by atoms with Crippen LogP contribution in [0.15, 0.2) is 77.7 Å². The number of nitrogens with zero attached hydrogens (tertiary/aromatic N) is 4. The number of aromatic amines is 1. The summed E-state index contributed by atoms with van der Waals surface area (Å²) in [5.41, 5.74) is 2.89. The van der Waals surface area contributed by atoms with Gasteiger partial charge in [-0.2, -0.15) is 5.10 Å². The quantitative estimate of drug-likeness (QED) is 0.462. The van der Waals surface area contributed by atoms with Gasteiger partial charge >= 0.3 is 0 Å². The van der Waals surface area contributed by atoms with E-state index in [4.69, 9.17) is 4.42 Å². The topological polar surface area (TPSA) is 124 Å². The van der Waals surface area contributed by atoms with Crippen molar-refractivity contribution in [3.8, 4) is 11.3 Å². The van der Waals surface area contributed by atoms with Crippen molar-refractivity contribution in [2.45, 2.75) is 0 Å². The molecule has 0 saturated carbocycles. The molecule has 0 unspecified atom stereocenters. The van der Waals surface area contributed by atoms with Gasteiger partial charge in [-0.3, -0.25) is 24.5 Å². The maximum Gasteiger partial charge on any atom is 0.291 e.